The average Bonchev–Trinajstić information content (AvgIpc) is 3.20. The maximum Gasteiger partial charge on any atom is 0.223 e. The van der Waals surface area contributed by atoms with E-state index in [9.17, 15) is 4.79 Å². The van der Waals surface area contributed by atoms with Gasteiger partial charge in [0.1, 0.15) is 5.82 Å². The minimum Gasteiger partial charge on any atom is -0.335 e. The third-order valence-corrected chi connectivity index (χ3v) is 4.49. The summed E-state index contributed by atoms with van der Waals surface area (Å²) in [6.07, 6.45) is 4.02. The van der Waals surface area contributed by atoms with Crippen LogP contribution in [0.1, 0.15) is 29.6 Å². The number of carbonyl (C=O) groups is 1. The molecule has 6 heteroatoms. The van der Waals surface area contributed by atoms with Gasteiger partial charge in [0.15, 0.2) is 5.82 Å². The van der Waals surface area contributed by atoms with Crippen LogP contribution in [-0.4, -0.2) is 37.1 Å². The van der Waals surface area contributed by atoms with Crippen LogP contribution < -0.4 is 0 Å². The summed E-state index contributed by atoms with van der Waals surface area (Å²) in [5, 5.41) is 4.45. The Bertz CT molecular complexity index is 875. The molecule has 126 valence electrons. The SMILES string of the molecule is Cc1nc(CN2C[C@H](c3ccccc3)CC2=O)n(-c2cccnc2)n1. The van der Waals surface area contributed by atoms with Crippen LogP contribution in [0.4, 0.5) is 0 Å². The Balaban J connectivity index is 1.56. The summed E-state index contributed by atoms with van der Waals surface area (Å²) in [4.78, 5) is 23.0. The van der Waals surface area contributed by atoms with Gasteiger partial charge in [-0.15, -0.1) is 0 Å². The van der Waals surface area contributed by atoms with Gasteiger partial charge in [-0.2, -0.15) is 5.10 Å². The molecule has 0 saturated carbocycles. The zero-order valence-corrected chi connectivity index (χ0v) is 14.0. The summed E-state index contributed by atoms with van der Waals surface area (Å²) in [5.74, 6) is 1.84. The number of hydrogen-bond donors (Lipinski definition) is 0. The zero-order valence-electron chi connectivity index (χ0n) is 14.0. The molecule has 0 aliphatic carbocycles. The second kappa shape index (κ2) is 6.47. The van der Waals surface area contributed by atoms with Crippen molar-refractivity contribution in [3.63, 3.8) is 0 Å². The molecule has 1 aliphatic rings. The lowest BCUT2D eigenvalue weighted by Gasteiger charge is -2.16. The van der Waals surface area contributed by atoms with Crippen molar-refractivity contribution in [2.24, 2.45) is 0 Å². The van der Waals surface area contributed by atoms with E-state index in [0.717, 1.165) is 11.5 Å². The number of nitrogens with zero attached hydrogens (tertiary/aromatic N) is 5. The quantitative estimate of drug-likeness (QED) is 0.736. The third-order valence-electron chi connectivity index (χ3n) is 4.49. The fraction of sp³-hybridized carbons (Fsp3) is 0.263. The van der Waals surface area contributed by atoms with Gasteiger partial charge >= 0.3 is 0 Å². The number of benzene rings is 1. The third kappa shape index (κ3) is 3.15. The fourth-order valence-electron chi connectivity index (χ4n) is 3.29. The van der Waals surface area contributed by atoms with Gasteiger partial charge in [-0.3, -0.25) is 9.78 Å². The van der Waals surface area contributed by atoms with Gasteiger partial charge in [0, 0.05) is 25.1 Å². The van der Waals surface area contributed by atoms with E-state index in [1.54, 1.807) is 17.1 Å². The van der Waals surface area contributed by atoms with Gasteiger partial charge in [0.25, 0.3) is 0 Å². The Morgan fingerprint density at radius 3 is 2.76 bits per heavy atom. The van der Waals surface area contributed by atoms with Crippen molar-refractivity contribution in [1.29, 1.82) is 0 Å². The topological polar surface area (TPSA) is 63.9 Å². The molecule has 6 nitrogen and oxygen atoms in total. The molecule has 1 atom stereocenters. The highest BCUT2D eigenvalue weighted by Crippen LogP contribution is 2.29. The number of likely N-dealkylation sites (tertiary alicyclic amines) is 1. The summed E-state index contributed by atoms with van der Waals surface area (Å²) >= 11 is 0. The Hall–Kier alpha value is -3.02. The Labute approximate surface area is 146 Å². The van der Waals surface area contributed by atoms with Crippen LogP contribution in [0, 0.1) is 6.92 Å². The normalized spacial score (nSPS) is 17.2. The lowest BCUT2D eigenvalue weighted by Crippen LogP contribution is -2.26. The van der Waals surface area contributed by atoms with Crippen LogP contribution in [-0.2, 0) is 11.3 Å². The van der Waals surface area contributed by atoms with Crippen LogP contribution in [0.25, 0.3) is 5.69 Å². The van der Waals surface area contributed by atoms with Crippen molar-refractivity contribution in [3.8, 4) is 5.69 Å². The van der Waals surface area contributed by atoms with Gasteiger partial charge in [-0.25, -0.2) is 9.67 Å². The first-order valence-corrected chi connectivity index (χ1v) is 8.36. The number of aryl methyl sites for hydroxylation is 1. The Kier molecular flexibility index (Phi) is 4.01. The second-order valence-corrected chi connectivity index (χ2v) is 6.28. The van der Waals surface area contributed by atoms with Gasteiger partial charge in [0.2, 0.25) is 5.91 Å². The van der Waals surface area contributed by atoms with Crippen molar-refractivity contribution in [3.05, 3.63) is 72.1 Å². The van der Waals surface area contributed by atoms with Crippen molar-refractivity contribution >= 4 is 5.91 Å². The minimum atomic E-state index is 0.159. The van der Waals surface area contributed by atoms with Crippen LogP contribution in [0.3, 0.4) is 0 Å². The summed E-state index contributed by atoms with van der Waals surface area (Å²) in [5.41, 5.74) is 2.06. The molecule has 25 heavy (non-hydrogen) atoms. The molecule has 1 amide bonds. The fourth-order valence-corrected chi connectivity index (χ4v) is 3.29. The summed E-state index contributed by atoms with van der Waals surface area (Å²) in [6.45, 7) is 3.02. The van der Waals surface area contributed by atoms with Gasteiger partial charge in [-0.1, -0.05) is 30.3 Å². The van der Waals surface area contributed by atoms with Crippen LogP contribution >= 0.6 is 0 Å². The smallest absolute Gasteiger partial charge is 0.223 e. The highest BCUT2D eigenvalue weighted by molar-refractivity contribution is 5.79. The lowest BCUT2D eigenvalue weighted by atomic mass is 9.99. The van der Waals surface area contributed by atoms with E-state index in [4.69, 9.17) is 0 Å². The van der Waals surface area contributed by atoms with E-state index in [2.05, 4.69) is 27.2 Å². The molecule has 0 unspecified atom stereocenters. The van der Waals surface area contributed by atoms with E-state index in [0.29, 0.717) is 25.3 Å². The number of carbonyl (C=O) groups excluding carboxylic acids is 1. The molecular formula is C19H19N5O. The van der Waals surface area contributed by atoms with Crippen molar-refractivity contribution < 1.29 is 4.79 Å². The summed E-state index contributed by atoms with van der Waals surface area (Å²) in [7, 11) is 0. The molecule has 4 rings (SSSR count). The van der Waals surface area contributed by atoms with Gasteiger partial charge in [-0.05, 0) is 24.6 Å². The molecule has 0 bridgehead atoms. The largest absolute Gasteiger partial charge is 0.335 e. The summed E-state index contributed by atoms with van der Waals surface area (Å²) in [6, 6.07) is 14.0. The number of hydrogen-bond acceptors (Lipinski definition) is 4. The average molecular weight is 333 g/mol. The predicted molar refractivity (Wildman–Crippen MR) is 93.1 cm³/mol. The highest BCUT2D eigenvalue weighted by Gasteiger charge is 2.31. The van der Waals surface area contributed by atoms with Crippen molar-refractivity contribution in [1.82, 2.24) is 24.6 Å². The molecule has 1 aromatic carbocycles. The molecule has 3 heterocycles. The van der Waals surface area contributed by atoms with E-state index >= 15 is 0 Å². The molecule has 1 aliphatic heterocycles. The predicted octanol–water partition coefficient (Wildman–Crippen LogP) is 2.49. The molecule has 2 aromatic heterocycles. The maximum absolute atomic E-state index is 12.5. The maximum atomic E-state index is 12.5. The molecule has 1 saturated heterocycles. The molecule has 0 N–H and O–H groups in total. The molecular weight excluding hydrogens is 314 g/mol. The first-order chi connectivity index (χ1) is 12.2. The van der Waals surface area contributed by atoms with E-state index in [-0.39, 0.29) is 11.8 Å². The molecule has 0 spiro atoms. The van der Waals surface area contributed by atoms with Gasteiger partial charge < -0.3 is 4.90 Å². The molecule has 3 aromatic rings. The first-order valence-electron chi connectivity index (χ1n) is 8.36. The minimum absolute atomic E-state index is 0.159. The van der Waals surface area contributed by atoms with Crippen LogP contribution in [0.2, 0.25) is 0 Å². The van der Waals surface area contributed by atoms with Crippen LogP contribution in [0.5, 0.6) is 0 Å². The lowest BCUT2D eigenvalue weighted by molar-refractivity contribution is -0.128. The van der Waals surface area contributed by atoms with Gasteiger partial charge in [0.05, 0.1) is 18.4 Å². The van der Waals surface area contributed by atoms with Crippen molar-refractivity contribution in [2.75, 3.05) is 6.54 Å². The van der Waals surface area contributed by atoms with E-state index in [1.165, 1.54) is 5.56 Å². The van der Waals surface area contributed by atoms with Crippen LogP contribution in [0.15, 0.2) is 54.9 Å². The number of aromatic nitrogens is 4. The zero-order chi connectivity index (χ0) is 17.2. The van der Waals surface area contributed by atoms with E-state index in [1.807, 2.05) is 42.2 Å². The highest BCUT2D eigenvalue weighted by atomic mass is 16.2. The molecule has 1 fully saturated rings. The number of pyridine rings is 1. The van der Waals surface area contributed by atoms with E-state index < -0.39 is 0 Å². The van der Waals surface area contributed by atoms with Crippen molar-refractivity contribution in [2.45, 2.75) is 25.8 Å². The summed E-state index contributed by atoms with van der Waals surface area (Å²) < 4.78 is 1.77. The Morgan fingerprint density at radius 2 is 2.00 bits per heavy atom. The first kappa shape index (κ1) is 15.5. The second-order valence-electron chi connectivity index (χ2n) is 6.28. The standard InChI is InChI=1S/C19H19N5O/c1-14-21-18(24(22-14)17-8-5-9-20-11-17)13-23-12-16(10-19(23)25)15-6-3-2-4-7-15/h2-9,11,16H,10,12-13H2,1H3/t16-/m1/s1. The number of amides is 1. The molecule has 0 radical (unpaired) electrons. The monoisotopic (exact) mass is 333 g/mol. The number of rotatable bonds is 4. The Morgan fingerprint density at radius 1 is 1.16 bits per heavy atom.